The number of aliphatic carboxylic acids is 1. The molecule has 1 aromatic heterocycles. The van der Waals surface area contributed by atoms with E-state index in [-0.39, 0.29) is 23.1 Å². The summed E-state index contributed by atoms with van der Waals surface area (Å²) in [5.74, 6) is -1.28. The number of hydrogen-bond acceptors (Lipinski definition) is 8. The lowest BCUT2D eigenvalue weighted by atomic mass is 10.1. The van der Waals surface area contributed by atoms with Crippen LogP contribution in [0.3, 0.4) is 0 Å². The van der Waals surface area contributed by atoms with Crippen LogP contribution >= 0.6 is 0 Å². The van der Waals surface area contributed by atoms with Gasteiger partial charge in [0.15, 0.2) is 0 Å². The van der Waals surface area contributed by atoms with Crippen LogP contribution < -0.4 is 15.4 Å². The Hall–Kier alpha value is -3.97. The normalized spacial score (nSPS) is 15.9. The van der Waals surface area contributed by atoms with Crippen LogP contribution in [-0.4, -0.2) is 66.3 Å². The first-order valence-electron chi connectivity index (χ1n) is 12.6. The number of aromatic nitrogens is 2. The van der Waals surface area contributed by atoms with E-state index >= 15 is 0 Å². The van der Waals surface area contributed by atoms with Crippen molar-refractivity contribution in [3.05, 3.63) is 53.9 Å². The highest BCUT2D eigenvalue weighted by Gasteiger charge is 2.30. The van der Waals surface area contributed by atoms with Crippen molar-refractivity contribution < 1.29 is 28.0 Å². The fourth-order valence-electron chi connectivity index (χ4n) is 4.21. The van der Waals surface area contributed by atoms with E-state index in [1.165, 1.54) is 6.07 Å². The first-order chi connectivity index (χ1) is 18.6. The predicted octanol–water partition coefficient (Wildman–Crippen LogP) is 2.45. The zero-order chi connectivity index (χ0) is 28.0. The van der Waals surface area contributed by atoms with E-state index in [0.29, 0.717) is 17.2 Å². The summed E-state index contributed by atoms with van der Waals surface area (Å²) < 4.78 is 28.2. The first kappa shape index (κ1) is 28.0. The van der Waals surface area contributed by atoms with Crippen molar-refractivity contribution >= 4 is 44.3 Å². The number of sulfonamides is 1. The fraction of sp³-hybridized carbons (Fsp3) is 0.385. The van der Waals surface area contributed by atoms with Gasteiger partial charge >= 0.3 is 5.97 Å². The summed E-state index contributed by atoms with van der Waals surface area (Å²) in [4.78, 5) is 37.2. The molecule has 4 rings (SSSR count). The summed E-state index contributed by atoms with van der Waals surface area (Å²) in [6.07, 6.45) is 2.45. The second-order valence-electron chi connectivity index (χ2n) is 9.39. The lowest BCUT2D eigenvalue weighted by molar-refractivity contribution is -0.138. The van der Waals surface area contributed by atoms with E-state index in [9.17, 15) is 23.1 Å². The highest BCUT2D eigenvalue weighted by molar-refractivity contribution is 7.89. The number of fused-ring (bicyclic) bond motifs is 1. The highest BCUT2D eigenvalue weighted by Crippen LogP contribution is 2.23. The van der Waals surface area contributed by atoms with Crippen LogP contribution in [0.25, 0.3) is 10.8 Å². The minimum atomic E-state index is -4.19. The molecule has 2 unspecified atom stereocenters. The minimum absolute atomic E-state index is 0.0424. The Labute approximate surface area is 226 Å². The number of nitrogens with zero attached hydrogens (tertiary/aromatic N) is 2. The summed E-state index contributed by atoms with van der Waals surface area (Å²) in [5.41, 5.74) is 2.12. The molecule has 1 amide bonds. The van der Waals surface area contributed by atoms with Gasteiger partial charge in [-0.25, -0.2) is 13.4 Å². The van der Waals surface area contributed by atoms with Gasteiger partial charge in [-0.2, -0.15) is 4.72 Å². The number of anilines is 1. The predicted molar refractivity (Wildman–Crippen MR) is 146 cm³/mol. The number of oxime groups is 1. The van der Waals surface area contributed by atoms with Crippen molar-refractivity contribution in [2.45, 2.75) is 56.6 Å². The molecule has 2 aromatic carbocycles. The third kappa shape index (κ3) is 7.12. The van der Waals surface area contributed by atoms with Gasteiger partial charge in [0.1, 0.15) is 17.9 Å². The van der Waals surface area contributed by atoms with Crippen LogP contribution in [0.1, 0.15) is 37.1 Å². The van der Waals surface area contributed by atoms with Gasteiger partial charge in [-0.05, 0) is 44.6 Å². The molecule has 0 aliphatic carbocycles. The molecule has 0 spiro atoms. The number of hydrogen-bond donors (Lipinski definition) is 5. The van der Waals surface area contributed by atoms with Crippen molar-refractivity contribution in [1.29, 1.82) is 0 Å². The molecule has 0 saturated carbocycles. The summed E-state index contributed by atoms with van der Waals surface area (Å²) >= 11 is 0. The third-order valence-electron chi connectivity index (χ3n) is 6.47. The Balaban J connectivity index is 1.23. The van der Waals surface area contributed by atoms with Crippen molar-refractivity contribution in [2.24, 2.45) is 5.16 Å². The maximum atomic E-state index is 13.0. The smallest absolute Gasteiger partial charge is 0.323 e. The van der Waals surface area contributed by atoms with Crippen molar-refractivity contribution in [1.82, 2.24) is 20.0 Å². The SMILES string of the molecule is Cc1nc(NCCCCC2CC(C(=O)NCC(NS(=O)(=O)c3cccc4ccccc34)C(=O)O)=NO2)[nH]c1C. The quantitative estimate of drug-likeness (QED) is 0.200. The second kappa shape index (κ2) is 12.3. The first-order valence-corrected chi connectivity index (χ1v) is 14.1. The molecule has 12 nitrogen and oxygen atoms in total. The van der Waals surface area contributed by atoms with E-state index in [2.05, 4.69) is 30.5 Å². The standard InChI is InChI=1S/C26H32N6O6S/c1-16-17(2)30-26(29-16)27-13-6-5-10-19-14-21(31-38-19)24(33)28-15-22(25(34)35)32-39(36,37)23-12-7-9-18-8-3-4-11-20(18)23/h3-4,7-9,11-12,19,22,32H,5-6,10,13-15H2,1-2H3,(H,28,33)(H,34,35)(H2,27,29,30). The van der Waals surface area contributed by atoms with Crippen molar-refractivity contribution in [3.8, 4) is 0 Å². The summed E-state index contributed by atoms with van der Waals surface area (Å²) in [6, 6.07) is 10.1. The van der Waals surface area contributed by atoms with Crippen LogP contribution in [0.15, 0.2) is 52.5 Å². The van der Waals surface area contributed by atoms with Gasteiger partial charge in [-0.15, -0.1) is 0 Å². The number of carboxylic acid groups (broad SMARTS) is 1. The average Bonchev–Trinajstić information content (AvgIpc) is 3.51. The Kier molecular flexibility index (Phi) is 8.82. The number of carbonyl (C=O) groups excluding carboxylic acids is 1. The Morgan fingerprint density at radius 3 is 2.67 bits per heavy atom. The van der Waals surface area contributed by atoms with Crippen LogP contribution in [0.4, 0.5) is 5.95 Å². The lowest BCUT2D eigenvalue weighted by Crippen LogP contribution is -2.49. The number of H-pyrrole nitrogens is 1. The summed E-state index contributed by atoms with van der Waals surface area (Å²) in [7, 11) is -4.19. The Bertz CT molecular complexity index is 1460. The molecule has 1 aliphatic heterocycles. The van der Waals surface area contributed by atoms with Gasteiger partial charge in [0, 0.05) is 30.6 Å². The number of rotatable bonds is 13. The Morgan fingerprint density at radius 1 is 1.15 bits per heavy atom. The van der Waals surface area contributed by atoms with Gasteiger partial charge in [0.25, 0.3) is 5.91 Å². The van der Waals surface area contributed by atoms with Gasteiger partial charge in [0.2, 0.25) is 16.0 Å². The number of nitrogens with one attached hydrogen (secondary N) is 4. The van der Waals surface area contributed by atoms with E-state index in [0.717, 1.165) is 36.7 Å². The topological polar surface area (TPSA) is 175 Å². The van der Waals surface area contributed by atoms with Gasteiger partial charge in [-0.1, -0.05) is 41.6 Å². The monoisotopic (exact) mass is 556 g/mol. The third-order valence-corrected chi connectivity index (χ3v) is 8.00. The average molecular weight is 557 g/mol. The molecule has 0 saturated heterocycles. The molecule has 1 aliphatic rings. The molecular formula is C26H32N6O6S. The zero-order valence-corrected chi connectivity index (χ0v) is 22.5. The number of benzene rings is 2. The molecule has 39 heavy (non-hydrogen) atoms. The molecule has 2 heterocycles. The lowest BCUT2D eigenvalue weighted by Gasteiger charge is -2.16. The molecule has 0 bridgehead atoms. The number of carboxylic acids is 1. The Morgan fingerprint density at radius 2 is 1.92 bits per heavy atom. The molecule has 5 N–H and O–H groups in total. The maximum Gasteiger partial charge on any atom is 0.323 e. The number of amides is 1. The van der Waals surface area contributed by atoms with Crippen LogP contribution in [0.2, 0.25) is 0 Å². The molecule has 2 atom stereocenters. The van der Waals surface area contributed by atoms with Gasteiger partial charge in [0.05, 0.1) is 10.6 Å². The minimum Gasteiger partial charge on any atom is -0.480 e. The highest BCUT2D eigenvalue weighted by atomic mass is 32.2. The summed E-state index contributed by atoms with van der Waals surface area (Å²) in [6.45, 7) is 4.18. The molecule has 0 fully saturated rings. The number of carbonyl (C=O) groups is 2. The van der Waals surface area contributed by atoms with Crippen LogP contribution in [0.5, 0.6) is 0 Å². The zero-order valence-electron chi connectivity index (χ0n) is 21.7. The number of unbranched alkanes of at least 4 members (excludes halogenated alkanes) is 1. The molecule has 13 heteroatoms. The van der Waals surface area contributed by atoms with Crippen molar-refractivity contribution in [2.75, 3.05) is 18.4 Å². The molecule has 208 valence electrons. The van der Waals surface area contributed by atoms with Crippen LogP contribution in [0, 0.1) is 13.8 Å². The van der Waals surface area contributed by atoms with Crippen LogP contribution in [-0.2, 0) is 24.4 Å². The molecule has 0 radical (unpaired) electrons. The van der Waals surface area contributed by atoms with Gasteiger partial charge in [-0.3, -0.25) is 9.59 Å². The van der Waals surface area contributed by atoms with E-state index < -0.39 is 34.5 Å². The number of aryl methyl sites for hydroxylation is 2. The van der Waals surface area contributed by atoms with E-state index in [1.807, 2.05) is 13.8 Å². The van der Waals surface area contributed by atoms with E-state index in [4.69, 9.17) is 4.84 Å². The number of imidazole rings is 1. The maximum absolute atomic E-state index is 13.0. The largest absolute Gasteiger partial charge is 0.480 e. The van der Waals surface area contributed by atoms with E-state index in [1.54, 1.807) is 36.4 Å². The number of aromatic amines is 1. The van der Waals surface area contributed by atoms with Gasteiger partial charge < -0.3 is 25.6 Å². The fourth-order valence-corrected chi connectivity index (χ4v) is 5.63. The molecule has 3 aromatic rings. The summed E-state index contributed by atoms with van der Waals surface area (Å²) in [5, 5.41) is 20.3. The van der Waals surface area contributed by atoms with Crippen molar-refractivity contribution in [3.63, 3.8) is 0 Å². The molecular weight excluding hydrogens is 524 g/mol. The second-order valence-corrected chi connectivity index (χ2v) is 11.1.